The fourth-order valence-electron chi connectivity index (χ4n) is 1.70. The number of benzene rings is 2. The first-order chi connectivity index (χ1) is 9.97. The number of halogens is 2. The third kappa shape index (κ3) is 3.68. The minimum atomic E-state index is -0.562. The molecule has 0 saturated heterocycles. The van der Waals surface area contributed by atoms with Crippen molar-refractivity contribution in [3.8, 4) is 5.75 Å². The minimum Gasteiger partial charge on any atom is -0.481 e. The first kappa shape index (κ1) is 14.8. The van der Waals surface area contributed by atoms with Gasteiger partial charge in [-0.25, -0.2) is 8.78 Å². The van der Waals surface area contributed by atoms with Crippen LogP contribution in [0.4, 0.5) is 20.2 Å². The summed E-state index contributed by atoms with van der Waals surface area (Å²) in [6.07, 6.45) is 0. The minimum absolute atomic E-state index is 0.0163. The lowest BCUT2D eigenvalue weighted by Crippen LogP contribution is -2.21. The van der Waals surface area contributed by atoms with Crippen LogP contribution < -0.4 is 15.8 Å². The molecule has 1 amide bonds. The lowest BCUT2D eigenvalue weighted by Gasteiger charge is -2.10. The lowest BCUT2D eigenvalue weighted by molar-refractivity contribution is -0.118. The van der Waals surface area contributed by atoms with Crippen molar-refractivity contribution in [3.63, 3.8) is 0 Å². The van der Waals surface area contributed by atoms with Gasteiger partial charge in [0, 0.05) is 0 Å². The van der Waals surface area contributed by atoms with Crippen molar-refractivity contribution in [2.75, 3.05) is 17.7 Å². The maximum Gasteiger partial charge on any atom is 0.262 e. The van der Waals surface area contributed by atoms with Crippen molar-refractivity contribution in [2.45, 2.75) is 6.92 Å². The number of ether oxygens (including phenoxy) is 1. The van der Waals surface area contributed by atoms with E-state index in [9.17, 15) is 13.6 Å². The molecule has 21 heavy (non-hydrogen) atoms. The number of aryl methyl sites for hydroxylation is 1. The number of hydrogen-bond donors (Lipinski definition) is 2. The Morgan fingerprint density at radius 2 is 2.05 bits per heavy atom. The quantitative estimate of drug-likeness (QED) is 0.852. The Hall–Kier alpha value is -2.63. The molecule has 0 atom stereocenters. The van der Waals surface area contributed by atoms with E-state index in [0.717, 1.165) is 6.07 Å². The molecule has 0 fully saturated rings. The first-order valence-electron chi connectivity index (χ1n) is 6.20. The van der Waals surface area contributed by atoms with Gasteiger partial charge >= 0.3 is 0 Å². The monoisotopic (exact) mass is 292 g/mol. The van der Waals surface area contributed by atoms with Crippen LogP contribution in [0, 0.1) is 18.6 Å². The Morgan fingerprint density at radius 1 is 1.29 bits per heavy atom. The number of nitrogen functional groups attached to an aromatic ring is 1. The highest BCUT2D eigenvalue weighted by molar-refractivity contribution is 5.94. The van der Waals surface area contributed by atoms with Crippen LogP contribution in [0.5, 0.6) is 5.75 Å². The van der Waals surface area contributed by atoms with Gasteiger partial charge in [0.1, 0.15) is 5.82 Å². The molecule has 2 rings (SSSR count). The van der Waals surface area contributed by atoms with Crippen LogP contribution in [-0.2, 0) is 4.79 Å². The van der Waals surface area contributed by atoms with E-state index in [1.54, 1.807) is 19.1 Å². The highest BCUT2D eigenvalue weighted by Crippen LogP contribution is 2.21. The van der Waals surface area contributed by atoms with E-state index < -0.39 is 24.1 Å². The fraction of sp³-hybridized carbons (Fsp3) is 0.133. The summed E-state index contributed by atoms with van der Waals surface area (Å²) in [5.41, 5.74) is 6.40. The summed E-state index contributed by atoms with van der Waals surface area (Å²) in [5, 5.41) is 2.40. The van der Waals surface area contributed by atoms with Crippen molar-refractivity contribution < 1.29 is 18.3 Å². The number of hydrogen-bond acceptors (Lipinski definition) is 3. The molecule has 6 heteroatoms. The van der Waals surface area contributed by atoms with E-state index in [-0.39, 0.29) is 17.1 Å². The molecule has 0 unspecified atom stereocenters. The van der Waals surface area contributed by atoms with Crippen molar-refractivity contribution in [2.24, 2.45) is 0 Å². The van der Waals surface area contributed by atoms with E-state index in [1.165, 1.54) is 18.2 Å². The molecule has 0 bridgehead atoms. The lowest BCUT2D eigenvalue weighted by atomic mass is 10.2. The van der Waals surface area contributed by atoms with Crippen molar-refractivity contribution in [1.29, 1.82) is 0 Å². The van der Waals surface area contributed by atoms with E-state index in [0.29, 0.717) is 5.56 Å². The van der Waals surface area contributed by atoms with Gasteiger partial charge in [-0.05, 0) is 36.8 Å². The second-order valence-corrected chi connectivity index (χ2v) is 4.46. The van der Waals surface area contributed by atoms with E-state index in [1.807, 2.05) is 0 Å². The molecule has 0 saturated carbocycles. The van der Waals surface area contributed by atoms with E-state index >= 15 is 0 Å². The van der Waals surface area contributed by atoms with Crippen molar-refractivity contribution >= 4 is 17.3 Å². The summed E-state index contributed by atoms with van der Waals surface area (Å²) >= 11 is 0. The predicted molar refractivity (Wildman–Crippen MR) is 76.1 cm³/mol. The van der Waals surface area contributed by atoms with E-state index in [4.69, 9.17) is 10.5 Å². The average molecular weight is 292 g/mol. The standard InChI is InChI=1S/C15H14F2N2O2/c1-9-3-2-4-13(15(9)17)21-8-14(20)19-12-7-10(16)5-6-11(12)18/h2-7H,8,18H2,1H3,(H,19,20). The normalized spacial score (nSPS) is 10.2. The number of rotatable bonds is 4. The van der Waals surface area contributed by atoms with Gasteiger partial charge in [0.15, 0.2) is 18.2 Å². The molecule has 0 spiro atoms. The largest absolute Gasteiger partial charge is 0.481 e. The Bertz CT molecular complexity index is 675. The average Bonchev–Trinajstić information content (AvgIpc) is 2.44. The van der Waals surface area contributed by atoms with Gasteiger partial charge in [-0.15, -0.1) is 0 Å². The van der Waals surface area contributed by atoms with Crippen molar-refractivity contribution in [1.82, 2.24) is 0 Å². The number of carbonyl (C=O) groups excluding carboxylic acids is 1. The third-order valence-electron chi connectivity index (χ3n) is 2.80. The number of anilines is 2. The van der Waals surface area contributed by atoms with Gasteiger partial charge in [0.25, 0.3) is 5.91 Å². The molecule has 0 aliphatic rings. The molecule has 0 radical (unpaired) electrons. The van der Waals surface area contributed by atoms with Crippen LogP contribution in [0.1, 0.15) is 5.56 Å². The first-order valence-corrected chi connectivity index (χ1v) is 6.20. The van der Waals surface area contributed by atoms with Gasteiger partial charge in [0.2, 0.25) is 0 Å². The molecule has 2 aromatic carbocycles. The predicted octanol–water partition coefficient (Wildman–Crippen LogP) is 2.87. The van der Waals surface area contributed by atoms with Crippen molar-refractivity contribution in [3.05, 3.63) is 53.6 Å². The third-order valence-corrected chi connectivity index (χ3v) is 2.80. The number of nitrogens with one attached hydrogen (secondary N) is 1. The van der Waals surface area contributed by atoms with Crippen LogP contribution in [0.3, 0.4) is 0 Å². The number of amides is 1. The topological polar surface area (TPSA) is 64.3 Å². The maximum atomic E-state index is 13.7. The van der Waals surface area contributed by atoms with Crippen LogP contribution >= 0.6 is 0 Å². The highest BCUT2D eigenvalue weighted by Gasteiger charge is 2.10. The molecule has 0 aliphatic heterocycles. The second kappa shape index (κ2) is 6.21. The van der Waals surface area contributed by atoms with Gasteiger partial charge in [0.05, 0.1) is 11.4 Å². The zero-order chi connectivity index (χ0) is 15.4. The highest BCUT2D eigenvalue weighted by atomic mass is 19.1. The van der Waals surface area contributed by atoms with Crippen LogP contribution in [0.2, 0.25) is 0 Å². The SMILES string of the molecule is Cc1cccc(OCC(=O)Nc2cc(F)ccc2N)c1F. The maximum absolute atomic E-state index is 13.7. The molecule has 3 N–H and O–H groups in total. The summed E-state index contributed by atoms with van der Waals surface area (Å²) in [6.45, 7) is 1.19. The summed E-state index contributed by atoms with van der Waals surface area (Å²) < 4.78 is 31.8. The van der Waals surface area contributed by atoms with Crippen LogP contribution in [0.15, 0.2) is 36.4 Å². The number of nitrogens with two attached hydrogens (primary N) is 1. The van der Waals surface area contributed by atoms with Gasteiger partial charge in [-0.1, -0.05) is 12.1 Å². The summed E-state index contributed by atoms with van der Waals surface area (Å²) in [7, 11) is 0. The van der Waals surface area contributed by atoms with Gasteiger partial charge in [-0.2, -0.15) is 0 Å². The summed E-state index contributed by atoms with van der Waals surface area (Å²) in [5.74, 6) is -1.62. The summed E-state index contributed by atoms with van der Waals surface area (Å²) in [4.78, 5) is 11.7. The zero-order valence-corrected chi connectivity index (χ0v) is 11.3. The molecular formula is C15H14F2N2O2. The Balaban J connectivity index is 1.99. The smallest absolute Gasteiger partial charge is 0.262 e. The molecule has 0 aliphatic carbocycles. The van der Waals surface area contributed by atoms with Crippen LogP contribution in [0.25, 0.3) is 0 Å². The molecule has 0 heterocycles. The fourth-order valence-corrected chi connectivity index (χ4v) is 1.70. The Kier molecular flexibility index (Phi) is 4.37. The number of carbonyl (C=O) groups is 1. The second-order valence-electron chi connectivity index (χ2n) is 4.46. The molecule has 2 aromatic rings. The molecule has 4 nitrogen and oxygen atoms in total. The Labute approximate surface area is 120 Å². The molecule has 110 valence electrons. The van der Waals surface area contributed by atoms with E-state index in [2.05, 4.69) is 5.32 Å². The van der Waals surface area contributed by atoms with Crippen LogP contribution in [-0.4, -0.2) is 12.5 Å². The molecular weight excluding hydrogens is 278 g/mol. The zero-order valence-electron chi connectivity index (χ0n) is 11.3. The van der Waals surface area contributed by atoms with Gasteiger partial charge in [-0.3, -0.25) is 4.79 Å². The summed E-state index contributed by atoms with van der Waals surface area (Å²) in [6, 6.07) is 8.26. The molecule has 0 aromatic heterocycles. The Morgan fingerprint density at radius 3 is 2.81 bits per heavy atom. The van der Waals surface area contributed by atoms with Gasteiger partial charge < -0.3 is 15.8 Å².